The Morgan fingerprint density at radius 2 is 1.92 bits per heavy atom. The Bertz CT molecular complexity index is 1230. The van der Waals surface area contributed by atoms with Crippen molar-refractivity contribution in [3.8, 4) is 5.75 Å². The molecule has 5 nitrogen and oxygen atoms in total. The zero-order valence-corrected chi connectivity index (χ0v) is 20.9. The van der Waals surface area contributed by atoms with E-state index in [-0.39, 0.29) is 4.90 Å². The van der Waals surface area contributed by atoms with Gasteiger partial charge in [-0.15, -0.1) is 11.8 Å². The molecule has 0 atom stereocenters. The first-order valence-corrected chi connectivity index (χ1v) is 12.9. The Morgan fingerprint density at radius 1 is 1.14 bits per heavy atom. The maximum absolute atomic E-state index is 14.6. The van der Waals surface area contributed by atoms with Crippen LogP contribution in [0.3, 0.4) is 0 Å². The molecule has 192 valence electrons. The molecule has 0 aliphatic carbocycles. The van der Waals surface area contributed by atoms with Crippen LogP contribution >= 0.6 is 11.8 Å². The molecule has 36 heavy (non-hydrogen) atoms. The lowest BCUT2D eigenvalue weighted by molar-refractivity contribution is -0.152. The number of rotatable bonds is 10. The minimum atomic E-state index is -0.852. The van der Waals surface area contributed by atoms with Crippen LogP contribution in [0.25, 0.3) is 10.9 Å². The molecule has 0 spiro atoms. The van der Waals surface area contributed by atoms with Crippen LogP contribution in [-0.2, 0) is 11.2 Å². The number of benzene rings is 2. The maximum Gasteiger partial charge on any atom is 0.309 e. The second kappa shape index (κ2) is 11.5. The van der Waals surface area contributed by atoms with Crippen molar-refractivity contribution >= 4 is 28.6 Å². The molecular weight excluding hydrogens is 489 g/mol. The molecular formula is C27H29F3N2O3S. The fourth-order valence-electron chi connectivity index (χ4n) is 4.83. The maximum atomic E-state index is 14.6. The lowest BCUT2D eigenvalue weighted by atomic mass is 9.74. The molecule has 3 aromatic rings. The van der Waals surface area contributed by atoms with Gasteiger partial charge < -0.3 is 14.7 Å². The minimum absolute atomic E-state index is 0.278. The summed E-state index contributed by atoms with van der Waals surface area (Å²) in [6.45, 7) is 1.89. The number of thioether (sulfide) groups is 1. The molecule has 0 amide bonds. The average Bonchev–Trinajstić information content (AvgIpc) is 2.88. The van der Waals surface area contributed by atoms with E-state index in [1.54, 1.807) is 25.3 Å². The Balaban J connectivity index is 1.33. The van der Waals surface area contributed by atoms with Crippen molar-refractivity contribution in [2.24, 2.45) is 5.41 Å². The van der Waals surface area contributed by atoms with Crippen LogP contribution in [0.1, 0.15) is 31.2 Å². The predicted molar refractivity (Wildman–Crippen MR) is 134 cm³/mol. The quantitative estimate of drug-likeness (QED) is 0.335. The summed E-state index contributed by atoms with van der Waals surface area (Å²) in [6.07, 6.45) is 3.60. The number of likely N-dealkylation sites (tertiary alicyclic amines) is 1. The van der Waals surface area contributed by atoms with Gasteiger partial charge in [0.2, 0.25) is 0 Å². The van der Waals surface area contributed by atoms with Crippen molar-refractivity contribution in [3.63, 3.8) is 0 Å². The van der Waals surface area contributed by atoms with Gasteiger partial charge in [0.25, 0.3) is 0 Å². The number of hydrogen-bond acceptors (Lipinski definition) is 5. The number of fused-ring (bicyclic) bond motifs is 1. The highest BCUT2D eigenvalue weighted by Crippen LogP contribution is 2.38. The molecule has 1 N–H and O–H groups in total. The SMILES string of the molecule is COc1ccc2ncc(F)c(CCCC3(C(=O)O)CCN(CCSc4cc(F)ccc4F)CC3)c2c1. The van der Waals surface area contributed by atoms with E-state index in [2.05, 4.69) is 9.88 Å². The van der Waals surface area contributed by atoms with E-state index in [0.717, 1.165) is 12.1 Å². The molecule has 2 heterocycles. The summed E-state index contributed by atoms with van der Waals surface area (Å²) in [4.78, 5) is 18.8. The zero-order chi connectivity index (χ0) is 25.7. The van der Waals surface area contributed by atoms with Gasteiger partial charge in [0.1, 0.15) is 23.2 Å². The largest absolute Gasteiger partial charge is 0.497 e. The standard InChI is InChI=1S/C27H29F3N2O3S/c1-35-19-5-7-24-21(16-19)20(23(30)17-31-24)3-2-8-27(26(33)34)9-11-32(12-10-27)13-14-36-25-15-18(28)4-6-22(25)29/h4-7,15-17H,2-3,8-14H2,1H3,(H,33,34). The first-order chi connectivity index (χ1) is 17.3. The van der Waals surface area contributed by atoms with E-state index in [9.17, 15) is 23.1 Å². The highest BCUT2D eigenvalue weighted by Gasteiger charge is 2.40. The smallest absolute Gasteiger partial charge is 0.309 e. The van der Waals surface area contributed by atoms with Crippen molar-refractivity contribution in [3.05, 3.63) is 65.6 Å². The van der Waals surface area contributed by atoms with Crippen LogP contribution in [0.5, 0.6) is 5.75 Å². The molecule has 2 aromatic carbocycles. The molecule has 1 aliphatic rings. The number of aliphatic carboxylic acids is 1. The van der Waals surface area contributed by atoms with Crippen molar-refractivity contribution < 1.29 is 27.8 Å². The third-order valence-corrected chi connectivity index (χ3v) is 8.05. The van der Waals surface area contributed by atoms with Gasteiger partial charge >= 0.3 is 5.97 Å². The minimum Gasteiger partial charge on any atom is -0.497 e. The number of carboxylic acid groups (broad SMARTS) is 1. The average molecular weight is 519 g/mol. The fourth-order valence-corrected chi connectivity index (χ4v) is 5.81. The third kappa shape index (κ3) is 5.95. The number of nitrogens with zero attached hydrogens (tertiary/aromatic N) is 2. The number of hydrogen-bond donors (Lipinski definition) is 1. The normalized spacial score (nSPS) is 15.8. The summed E-state index contributed by atoms with van der Waals surface area (Å²) in [5.74, 6) is -0.937. The Labute approximate surface area is 212 Å². The monoisotopic (exact) mass is 518 g/mol. The first-order valence-electron chi connectivity index (χ1n) is 12.0. The van der Waals surface area contributed by atoms with Gasteiger partial charge in [0, 0.05) is 22.6 Å². The van der Waals surface area contributed by atoms with Crippen molar-refractivity contribution in [2.75, 3.05) is 32.5 Å². The van der Waals surface area contributed by atoms with Gasteiger partial charge in [-0.25, -0.2) is 13.2 Å². The van der Waals surface area contributed by atoms with Crippen LogP contribution in [0.4, 0.5) is 13.2 Å². The van der Waals surface area contributed by atoms with E-state index in [0.29, 0.717) is 79.7 Å². The van der Waals surface area contributed by atoms with E-state index >= 15 is 0 Å². The third-order valence-electron chi connectivity index (χ3n) is 7.04. The molecule has 0 unspecified atom stereocenters. The molecule has 1 saturated heterocycles. The molecule has 9 heteroatoms. The predicted octanol–water partition coefficient (Wildman–Crippen LogP) is 5.94. The van der Waals surface area contributed by atoms with Gasteiger partial charge in [-0.1, -0.05) is 0 Å². The number of carbonyl (C=O) groups is 1. The molecule has 0 bridgehead atoms. The van der Waals surface area contributed by atoms with Crippen LogP contribution in [0, 0.1) is 22.9 Å². The second-order valence-corrected chi connectivity index (χ2v) is 10.3. The summed E-state index contributed by atoms with van der Waals surface area (Å²) in [5, 5.41) is 10.7. The topological polar surface area (TPSA) is 62.7 Å². The van der Waals surface area contributed by atoms with Gasteiger partial charge in [0.05, 0.1) is 24.2 Å². The number of aromatic nitrogens is 1. The number of aryl methyl sites for hydroxylation is 1. The van der Waals surface area contributed by atoms with Gasteiger partial charge in [-0.2, -0.15) is 0 Å². The molecule has 0 radical (unpaired) electrons. The fraction of sp³-hybridized carbons (Fsp3) is 0.407. The molecule has 1 aromatic heterocycles. The number of carboxylic acids is 1. The lowest BCUT2D eigenvalue weighted by Gasteiger charge is -2.39. The van der Waals surface area contributed by atoms with E-state index in [1.165, 1.54) is 24.0 Å². The summed E-state index contributed by atoms with van der Waals surface area (Å²) in [5.41, 5.74) is 0.345. The molecule has 0 saturated carbocycles. The van der Waals surface area contributed by atoms with Crippen molar-refractivity contribution in [2.45, 2.75) is 37.0 Å². The number of pyridine rings is 1. The van der Waals surface area contributed by atoms with Crippen LogP contribution in [-0.4, -0.2) is 53.5 Å². The molecule has 1 aliphatic heterocycles. The van der Waals surface area contributed by atoms with Crippen LogP contribution in [0.2, 0.25) is 0 Å². The number of piperidine rings is 1. The summed E-state index contributed by atoms with van der Waals surface area (Å²) in [7, 11) is 1.55. The number of halogens is 3. The van der Waals surface area contributed by atoms with Crippen molar-refractivity contribution in [1.82, 2.24) is 9.88 Å². The Morgan fingerprint density at radius 3 is 2.64 bits per heavy atom. The van der Waals surface area contributed by atoms with E-state index in [4.69, 9.17) is 4.74 Å². The molecule has 1 fully saturated rings. The number of methoxy groups -OCH3 is 1. The summed E-state index contributed by atoms with van der Waals surface area (Å²) < 4.78 is 47.1. The van der Waals surface area contributed by atoms with Crippen molar-refractivity contribution in [1.29, 1.82) is 0 Å². The Kier molecular flexibility index (Phi) is 8.41. The van der Waals surface area contributed by atoms with Crippen LogP contribution in [0.15, 0.2) is 47.5 Å². The van der Waals surface area contributed by atoms with Gasteiger partial charge in [-0.3, -0.25) is 9.78 Å². The first kappa shape index (κ1) is 26.3. The number of ether oxygens (including phenoxy) is 1. The van der Waals surface area contributed by atoms with E-state index in [1.807, 2.05) is 0 Å². The lowest BCUT2D eigenvalue weighted by Crippen LogP contribution is -2.45. The molecule has 4 rings (SSSR count). The van der Waals surface area contributed by atoms with Crippen LogP contribution < -0.4 is 4.74 Å². The summed E-state index contributed by atoms with van der Waals surface area (Å²) >= 11 is 1.25. The highest BCUT2D eigenvalue weighted by atomic mass is 32.2. The second-order valence-electron chi connectivity index (χ2n) is 9.17. The Hall–Kier alpha value is -2.78. The van der Waals surface area contributed by atoms with E-state index < -0.39 is 28.8 Å². The highest BCUT2D eigenvalue weighted by molar-refractivity contribution is 7.99. The van der Waals surface area contributed by atoms with Gasteiger partial charge in [0.15, 0.2) is 0 Å². The zero-order valence-electron chi connectivity index (χ0n) is 20.1. The summed E-state index contributed by atoms with van der Waals surface area (Å²) in [6, 6.07) is 8.73. The van der Waals surface area contributed by atoms with Gasteiger partial charge in [-0.05, 0) is 87.2 Å².